The number of nitrogens with zero attached hydrogens (tertiary/aromatic N) is 5. The van der Waals surface area contributed by atoms with E-state index in [4.69, 9.17) is 4.42 Å². The molecule has 3 rings (SSSR count). The van der Waals surface area contributed by atoms with Crippen molar-refractivity contribution >= 4 is 33.9 Å². The Bertz CT molecular complexity index is 877. The van der Waals surface area contributed by atoms with Crippen molar-refractivity contribution in [3.63, 3.8) is 0 Å². The van der Waals surface area contributed by atoms with Crippen LogP contribution in [0.1, 0.15) is 5.89 Å². The zero-order valence-electron chi connectivity index (χ0n) is 12.8. The first kappa shape index (κ1) is 17.0. The number of nitro benzene ring substituents is 1. The molecule has 128 valence electrons. The van der Waals surface area contributed by atoms with Crippen molar-refractivity contribution in [3.05, 3.63) is 52.9 Å². The van der Waals surface area contributed by atoms with E-state index in [1.807, 2.05) is 0 Å². The third-order valence-corrected chi connectivity index (χ3v) is 4.91. The predicted octanol–water partition coefficient (Wildman–Crippen LogP) is 3.39. The molecule has 0 amide bonds. The fourth-order valence-corrected chi connectivity index (χ4v) is 3.37. The van der Waals surface area contributed by atoms with Gasteiger partial charge in [-0.1, -0.05) is 29.2 Å². The van der Waals surface area contributed by atoms with Crippen molar-refractivity contribution in [1.82, 2.24) is 20.4 Å². The Hall–Kier alpha value is -2.79. The van der Waals surface area contributed by atoms with E-state index in [0.717, 1.165) is 9.47 Å². The molecule has 3 aromatic rings. The largest absolute Gasteiger partial charge is 0.420 e. The maximum atomic E-state index is 10.7. The van der Waals surface area contributed by atoms with E-state index in [0.29, 0.717) is 29.6 Å². The number of anilines is 1. The van der Waals surface area contributed by atoms with Gasteiger partial charge in [-0.3, -0.25) is 10.1 Å². The highest BCUT2D eigenvalue weighted by molar-refractivity contribution is 8.00. The molecule has 9 nitrogen and oxygen atoms in total. The topological polar surface area (TPSA) is 120 Å². The van der Waals surface area contributed by atoms with Crippen LogP contribution in [0.5, 0.6) is 0 Å². The monoisotopic (exact) mass is 376 g/mol. The molecule has 0 saturated heterocycles. The van der Waals surface area contributed by atoms with Crippen LogP contribution in [0.2, 0.25) is 0 Å². The van der Waals surface area contributed by atoms with Gasteiger partial charge in [0.2, 0.25) is 16.9 Å². The van der Waals surface area contributed by atoms with Gasteiger partial charge in [0.1, 0.15) is 0 Å². The second kappa shape index (κ2) is 7.85. The van der Waals surface area contributed by atoms with Gasteiger partial charge in [-0.25, -0.2) is 0 Å². The molecular formula is C14H12N6O3S2. The minimum absolute atomic E-state index is 0.0104. The van der Waals surface area contributed by atoms with Gasteiger partial charge in [0, 0.05) is 24.2 Å². The molecule has 1 aromatic carbocycles. The van der Waals surface area contributed by atoms with Crippen molar-refractivity contribution < 1.29 is 9.34 Å². The van der Waals surface area contributed by atoms with Gasteiger partial charge in [-0.15, -0.1) is 27.0 Å². The maximum Gasteiger partial charge on any atom is 0.269 e. The van der Waals surface area contributed by atoms with E-state index in [1.54, 1.807) is 18.2 Å². The first-order valence-corrected chi connectivity index (χ1v) is 8.84. The predicted molar refractivity (Wildman–Crippen MR) is 94.5 cm³/mol. The van der Waals surface area contributed by atoms with Crippen molar-refractivity contribution in [2.45, 2.75) is 10.1 Å². The summed E-state index contributed by atoms with van der Waals surface area (Å²) in [6, 6.07) is 5.94. The summed E-state index contributed by atoms with van der Waals surface area (Å²) in [4.78, 5) is 10.2. The van der Waals surface area contributed by atoms with E-state index in [2.05, 4.69) is 32.3 Å². The molecule has 0 unspecified atom stereocenters. The maximum absolute atomic E-state index is 10.7. The number of nitrogens with one attached hydrogen (secondary N) is 1. The standard InChI is InChI=1S/C14H12N6O3S2/c1-2-7-15-13-18-19-14(25-13)24-8-11-16-17-12(23-11)9-3-5-10(6-4-9)20(21)22/h2-6H,1,7-8H2,(H,15,18). The van der Waals surface area contributed by atoms with Gasteiger partial charge < -0.3 is 9.73 Å². The van der Waals surface area contributed by atoms with Gasteiger partial charge in [-0.2, -0.15) is 0 Å². The molecule has 0 aliphatic carbocycles. The Balaban J connectivity index is 1.60. The number of aromatic nitrogens is 4. The Labute approximate surface area is 150 Å². The van der Waals surface area contributed by atoms with Crippen LogP contribution >= 0.6 is 23.1 Å². The van der Waals surface area contributed by atoms with Gasteiger partial charge in [0.15, 0.2) is 4.34 Å². The highest BCUT2D eigenvalue weighted by Gasteiger charge is 2.12. The molecule has 2 aromatic heterocycles. The molecule has 1 N–H and O–H groups in total. The molecule has 0 saturated carbocycles. The van der Waals surface area contributed by atoms with E-state index < -0.39 is 4.92 Å². The number of hydrogen-bond acceptors (Lipinski definition) is 10. The molecule has 0 fully saturated rings. The SMILES string of the molecule is C=CCNc1nnc(SCc2nnc(-c3ccc([N+](=O)[O-])cc3)o2)s1. The lowest BCUT2D eigenvalue weighted by molar-refractivity contribution is -0.384. The first-order valence-electron chi connectivity index (χ1n) is 7.04. The lowest BCUT2D eigenvalue weighted by atomic mass is 10.2. The number of non-ortho nitro benzene ring substituents is 1. The van der Waals surface area contributed by atoms with Crippen LogP contribution in [0.15, 0.2) is 45.7 Å². The number of rotatable bonds is 8. The Morgan fingerprint density at radius 3 is 2.80 bits per heavy atom. The third kappa shape index (κ3) is 4.39. The molecule has 0 spiro atoms. The van der Waals surface area contributed by atoms with Crippen LogP contribution in [-0.2, 0) is 5.75 Å². The van der Waals surface area contributed by atoms with Crippen LogP contribution in [0.25, 0.3) is 11.5 Å². The van der Waals surface area contributed by atoms with Crippen molar-refractivity contribution in [2.24, 2.45) is 0 Å². The summed E-state index contributed by atoms with van der Waals surface area (Å²) in [6.45, 7) is 4.25. The van der Waals surface area contributed by atoms with Crippen molar-refractivity contribution in [2.75, 3.05) is 11.9 Å². The smallest absolute Gasteiger partial charge is 0.269 e. The molecular weight excluding hydrogens is 364 g/mol. The number of hydrogen-bond donors (Lipinski definition) is 1. The van der Waals surface area contributed by atoms with Crippen LogP contribution < -0.4 is 5.32 Å². The zero-order valence-corrected chi connectivity index (χ0v) is 14.4. The quantitative estimate of drug-likeness (QED) is 0.273. The van der Waals surface area contributed by atoms with E-state index in [-0.39, 0.29) is 5.69 Å². The van der Waals surface area contributed by atoms with Gasteiger partial charge >= 0.3 is 0 Å². The Kier molecular flexibility index (Phi) is 5.36. The van der Waals surface area contributed by atoms with Crippen molar-refractivity contribution in [3.8, 4) is 11.5 Å². The highest BCUT2D eigenvalue weighted by Crippen LogP contribution is 2.29. The van der Waals surface area contributed by atoms with Crippen LogP contribution in [0.4, 0.5) is 10.8 Å². The van der Waals surface area contributed by atoms with Crippen LogP contribution in [0, 0.1) is 10.1 Å². The highest BCUT2D eigenvalue weighted by atomic mass is 32.2. The zero-order chi connectivity index (χ0) is 17.6. The second-order valence-electron chi connectivity index (χ2n) is 4.64. The first-order chi connectivity index (χ1) is 12.2. The fourth-order valence-electron chi connectivity index (χ4n) is 1.78. The molecule has 0 bridgehead atoms. The number of benzene rings is 1. The summed E-state index contributed by atoms with van der Waals surface area (Å²) in [5.74, 6) is 1.21. The molecule has 0 radical (unpaired) electrons. The molecule has 2 heterocycles. The molecule has 0 atom stereocenters. The average molecular weight is 376 g/mol. The molecule has 25 heavy (non-hydrogen) atoms. The Morgan fingerprint density at radius 1 is 1.28 bits per heavy atom. The molecule has 0 aliphatic heterocycles. The third-order valence-electron chi connectivity index (χ3n) is 2.92. The summed E-state index contributed by atoms with van der Waals surface area (Å²) in [5, 5.41) is 30.5. The average Bonchev–Trinajstić information content (AvgIpc) is 3.27. The van der Waals surface area contributed by atoms with E-state index in [9.17, 15) is 10.1 Å². The lowest BCUT2D eigenvalue weighted by Gasteiger charge is -1.95. The second-order valence-corrected chi connectivity index (χ2v) is 6.84. The normalized spacial score (nSPS) is 10.6. The van der Waals surface area contributed by atoms with E-state index >= 15 is 0 Å². The van der Waals surface area contributed by atoms with Crippen LogP contribution in [0.3, 0.4) is 0 Å². The summed E-state index contributed by atoms with van der Waals surface area (Å²) in [5.41, 5.74) is 0.636. The summed E-state index contributed by atoms with van der Waals surface area (Å²) in [6.07, 6.45) is 1.74. The summed E-state index contributed by atoms with van der Waals surface area (Å²) >= 11 is 2.86. The van der Waals surface area contributed by atoms with Crippen LogP contribution in [-0.4, -0.2) is 31.9 Å². The summed E-state index contributed by atoms with van der Waals surface area (Å²) < 4.78 is 6.36. The molecule has 0 aliphatic rings. The minimum Gasteiger partial charge on any atom is -0.420 e. The van der Waals surface area contributed by atoms with E-state index in [1.165, 1.54) is 35.2 Å². The van der Waals surface area contributed by atoms with Gasteiger partial charge in [0.25, 0.3) is 5.69 Å². The fraction of sp³-hybridized carbons (Fsp3) is 0.143. The van der Waals surface area contributed by atoms with Crippen molar-refractivity contribution in [1.29, 1.82) is 0 Å². The Morgan fingerprint density at radius 2 is 2.08 bits per heavy atom. The molecule has 11 heteroatoms. The number of nitro groups is 1. The van der Waals surface area contributed by atoms with Gasteiger partial charge in [0.05, 0.1) is 10.7 Å². The minimum atomic E-state index is -0.458. The lowest BCUT2D eigenvalue weighted by Crippen LogP contribution is -1.96. The van der Waals surface area contributed by atoms with Gasteiger partial charge in [-0.05, 0) is 12.1 Å². The number of thioether (sulfide) groups is 1. The summed E-state index contributed by atoms with van der Waals surface area (Å²) in [7, 11) is 0.